The summed E-state index contributed by atoms with van der Waals surface area (Å²) >= 11 is 0. The van der Waals surface area contributed by atoms with Crippen LogP contribution >= 0.6 is 0 Å². The fourth-order valence-corrected chi connectivity index (χ4v) is 2.13. The van der Waals surface area contributed by atoms with E-state index in [0.29, 0.717) is 19.2 Å². The van der Waals surface area contributed by atoms with Crippen LogP contribution in [0.2, 0.25) is 0 Å². The van der Waals surface area contributed by atoms with E-state index in [4.69, 9.17) is 6.42 Å². The smallest absolute Gasteiger partial charge is 0.358 e. The molecule has 0 radical (unpaired) electrons. The van der Waals surface area contributed by atoms with E-state index in [1.54, 1.807) is 0 Å². The van der Waals surface area contributed by atoms with Crippen LogP contribution < -0.4 is 4.90 Å². The number of rotatable bonds is 2. The third kappa shape index (κ3) is 3.27. The summed E-state index contributed by atoms with van der Waals surface area (Å²) < 4.78 is 51.3. The lowest BCUT2D eigenvalue weighted by atomic mass is 10.1. The minimum Gasteiger partial charge on any atom is -0.358 e. The second-order valence-corrected chi connectivity index (χ2v) is 4.60. The molecule has 0 aliphatic carbocycles. The van der Waals surface area contributed by atoms with Crippen molar-refractivity contribution in [3.05, 3.63) is 29.6 Å². The zero-order chi connectivity index (χ0) is 15.6. The Morgan fingerprint density at radius 3 is 2.52 bits per heavy atom. The molecule has 0 bridgehead atoms. The zero-order valence-electron chi connectivity index (χ0n) is 11.0. The van der Waals surface area contributed by atoms with Crippen molar-refractivity contribution in [3.63, 3.8) is 0 Å². The average molecular weight is 300 g/mol. The fraction of sp³-hybridized carbons (Fsp3) is 0.357. The highest BCUT2D eigenvalue weighted by molar-refractivity contribution is 5.83. The van der Waals surface area contributed by atoms with E-state index in [-0.39, 0.29) is 24.7 Å². The van der Waals surface area contributed by atoms with Crippen LogP contribution in [0.4, 0.5) is 23.2 Å². The molecule has 0 aromatic heterocycles. The number of halogens is 4. The molecular weight excluding hydrogens is 288 g/mol. The maximum atomic E-state index is 13.8. The maximum Gasteiger partial charge on any atom is 0.416 e. The van der Waals surface area contributed by atoms with Crippen LogP contribution in [0, 0.1) is 18.2 Å². The summed E-state index contributed by atoms with van der Waals surface area (Å²) in [6.07, 6.45) is 0.528. The second-order valence-electron chi connectivity index (χ2n) is 4.60. The topological polar surface area (TPSA) is 23.6 Å². The Morgan fingerprint density at radius 2 is 2.00 bits per heavy atom. The highest BCUT2D eigenvalue weighted by Crippen LogP contribution is 2.32. The van der Waals surface area contributed by atoms with Gasteiger partial charge in [0.25, 0.3) is 0 Å². The highest BCUT2D eigenvalue weighted by Gasteiger charge is 2.32. The van der Waals surface area contributed by atoms with Crippen molar-refractivity contribution in [2.45, 2.75) is 6.18 Å². The van der Waals surface area contributed by atoms with Crippen LogP contribution in [0.5, 0.6) is 0 Å². The van der Waals surface area contributed by atoms with Crippen molar-refractivity contribution in [1.29, 1.82) is 0 Å². The third-order valence-corrected chi connectivity index (χ3v) is 3.22. The van der Waals surface area contributed by atoms with Gasteiger partial charge < -0.3 is 9.80 Å². The predicted molar refractivity (Wildman–Crippen MR) is 69.0 cm³/mol. The van der Waals surface area contributed by atoms with Crippen LogP contribution in [0.15, 0.2) is 18.2 Å². The van der Waals surface area contributed by atoms with Gasteiger partial charge in [-0.25, -0.2) is 4.39 Å². The SMILES string of the molecule is C#CCN1CCN(c2ccc(C(F)(F)F)cc2F)CC1=O. The number of alkyl halides is 3. The Labute approximate surface area is 119 Å². The van der Waals surface area contributed by atoms with Gasteiger partial charge in [0, 0.05) is 13.1 Å². The van der Waals surface area contributed by atoms with Gasteiger partial charge in [-0.15, -0.1) is 6.42 Å². The van der Waals surface area contributed by atoms with Gasteiger partial charge in [0.2, 0.25) is 5.91 Å². The van der Waals surface area contributed by atoms with Gasteiger partial charge in [0.1, 0.15) is 5.82 Å². The first kappa shape index (κ1) is 15.2. The predicted octanol–water partition coefficient (Wildman–Crippen LogP) is 2.13. The number of nitrogens with zero attached hydrogens (tertiary/aromatic N) is 2. The number of carbonyl (C=O) groups excluding carboxylic acids is 1. The fourth-order valence-electron chi connectivity index (χ4n) is 2.13. The van der Waals surface area contributed by atoms with Gasteiger partial charge in [0.15, 0.2) is 0 Å². The Kier molecular flexibility index (Phi) is 4.07. The molecule has 1 aliphatic rings. The number of terminal acetylenes is 1. The molecule has 1 aliphatic heterocycles. The van der Waals surface area contributed by atoms with Gasteiger partial charge in [-0.2, -0.15) is 13.2 Å². The third-order valence-electron chi connectivity index (χ3n) is 3.22. The van der Waals surface area contributed by atoms with Crippen LogP contribution in [-0.2, 0) is 11.0 Å². The van der Waals surface area contributed by atoms with Crippen molar-refractivity contribution in [1.82, 2.24) is 4.90 Å². The molecule has 2 rings (SSSR count). The summed E-state index contributed by atoms with van der Waals surface area (Å²) in [5, 5.41) is 0. The number of anilines is 1. The number of amides is 1. The van der Waals surface area contributed by atoms with Crippen molar-refractivity contribution in [2.24, 2.45) is 0 Å². The van der Waals surface area contributed by atoms with Crippen molar-refractivity contribution < 1.29 is 22.4 Å². The molecule has 0 saturated carbocycles. The Hall–Kier alpha value is -2.23. The Bertz CT molecular complexity index is 592. The molecule has 0 N–H and O–H groups in total. The lowest BCUT2D eigenvalue weighted by molar-refractivity contribution is -0.137. The largest absolute Gasteiger partial charge is 0.416 e. The lowest BCUT2D eigenvalue weighted by Crippen LogP contribution is -2.50. The summed E-state index contributed by atoms with van der Waals surface area (Å²) in [5.41, 5.74) is -1.07. The van der Waals surface area contributed by atoms with E-state index in [1.165, 1.54) is 9.80 Å². The summed E-state index contributed by atoms with van der Waals surface area (Å²) in [7, 11) is 0. The van der Waals surface area contributed by atoms with E-state index in [9.17, 15) is 22.4 Å². The standard InChI is InChI=1S/C14H12F4N2O/c1-2-5-19-6-7-20(9-13(19)21)12-4-3-10(8-11(12)15)14(16,17)18/h1,3-4,8H,5-7,9H2. The van der Waals surface area contributed by atoms with E-state index >= 15 is 0 Å². The van der Waals surface area contributed by atoms with Crippen molar-refractivity contribution in [3.8, 4) is 12.3 Å². The highest BCUT2D eigenvalue weighted by atomic mass is 19.4. The summed E-state index contributed by atoms with van der Waals surface area (Å²) in [4.78, 5) is 14.6. The summed E-state index contributed by atoms with van der Waals surface area (Å²) in [6, 6.07) is 2.28. The van der Waals surface area contributed by atoms with Crippen LogP contribution in [0.1, 0.15) is 5.56 Å². The monoisotopic (exact) mass is 300 g/mol. The van der Waals surface area contributed by atoms with Crippen LogP contribution in [0.3, 0.4) is 0 Å². The molecule has 1 aromatic rings. The van der Waals surface area contributed by atoms with E-state index in [2.05, 4.69) is 5.92 Å². The Morgan fingerprint density at radius 1 is 1.29 bits per heavy atom. The molecule has 1 aromatic carbocycles. The summed E-state index contributed by atoms with van der Waals surface area (Å²) in [6.45, 7) is 0.686. The number of hydrogen-bond donors (Lipinski definition) is 0. The molecule has 1 heterocycles. The minimum atomic E-state index is -4.60. The van der Waals surface area contributed by atoms with Gasteiger partial charge in [-0.3, -0.25) is 4.79 Å². The second kappa shape index (κ2) is 5.64. The number of benzene rings is 1. The molecule has 1 amide bonds. The average Bonchev–Trinajstić information content (AvgIpc) is 2.40. The van der Waals surface area contributed by atoms with Gasteiger partial charge in [0.05, 0.1) is 24.3 Å². The molecule has 1 fully saturated rings. The van der Waals surface area contributed by atoms with Crippen molar-refractivity contribution in [2.75, 3.05) is 31.1 Å². The van der Waals surface area contributed by atoms with Crippen LogP contribution in [-0.4, -0.2) is 37.0 Å². The number of carbonyl (C=O) groups is 1. The quantitative estimate of drug-likeness (QED) is 0.617. The maximum absolute atomic E-state index is 13.8. The van der Waals surface area contributed by atoms with Gasteiger partial charge in [-0.1, -0.05) is 5.92 Å². The normalized spacial score (nSPS) is 16.0. The first-order chi connectivity index (χ1) is 9.82. The molecular formula is C14H12F4N2O. The molecule has 21 heavy (non-hydrogen) atoms. The molecule has 0 atom stereocenters. The van der Waals surface area contributed by atoms with Crippen molar-refractivity contribution >= 4 is 11.6 Å². The van der Waals surface area contributed by atoms with Gasteiger partial charge in [-0.05, 0) is 18.2 Å². The molecule has 0 spiro atoms. The van der Waals surface area contributed by atoms with E-state index in [0.717, 1.165) is 12.1 Å². The molecule has 7 heteroatoms. The first-order valence-electron chi connectivity index (χ1n) is 6.16. The minimum absolute atomic E-state index is 0.0169. The van der Waals surface area contributed by atoms with Crippen LogP contribution in [0.25, 0.3) is 0 Å². The number of piperazine rings is 1. The van der Waals surface area contributed by atoms with E-state index in [1.807, 2.05) is 0 Å². The number of hydrogen-bond acceptors (Lipinski definition) is 2. The lowest BCUT2D eigenvalue weighted by Gasteiger charge is -2.34. The molecule has 112 valence electrons. The van der Waals surface area contributed by atoms with Gasteiger partial charge >= 0.3 is 6.18 Å². The van der Waals surface area contributed by atoms with E-state index < -0.39 is 17.6 Å². The molecule has 1 saturated heterocycles. The zero-order valence-corrected chi connectivity index (χ0v) is 11.0. The molecule has 0 unspecified atom stereocenters. The molecule has 3 nitrogen and oxygen atoms in total. The Balaban J connectivity index is 2.17. The summed E-state index contributed by atoms with van der Waals surface area (Å²) in [5.74, 6) is 1.07. The first-order valence-corrected chi connectivity index (χ1v) is 6.16.